The molecule has 0 aromatic heterocycles. The molecule has 0 amide bonds. The number of carboxylic acids is 2. The highest BCUT2D eigenvalue weighted by Crippen LogP contribution is 2.30. The van der Waals surface area contributed by atoms with Crippen molar-refractivity contribution in [3.8, 4) is 11.5 Å². The summed E-state index contributed by atoms with van der Waals surface area (Å²) in [4.78, 5) is 18.2. The quantitative estimate of drug-likeness (QED) is 0.458. The SMILES string of the molecule is O=C(O)C(=O)O.[2H][13C]([2H])([2H])Oc1ccc(O[13C]([2H])([2H])[2H])c(C(O)[C@H](C)N)c1. The summed E-state index contributed by atoms with van der Waals surface area (Å²) < 4.78 is 51.9. The van der Waals surface area contributed by atoms with E-state index < -0.39 is 38.2 Å². The fourth-order valence-electron chi connectivity index (χ4n) is 1.20. The van der Waals surface area contributed by atoms with Gasteiger partial charge in [0.1, 0.15) is 11.5 Å². The Morgan fingerprint density at radius 3 is 2.24 bits per heavy atom. The Morgan fingerprint density at radius 1 is 1.24 bits per heavy atom. The predicted octanol–water partition coefficient (Wildman–Crippen LogP) is 0.240. The highest BCUT2D eigenvalue weighted by Gasteiger charge is 2.17. The Morgan fingerprint density at radius 2 is 1.81 bits per heavy atom. The molecule has 8 heteroatoms. The zero-order valence-electron chi connectivity index (χ0n) is 16.9. The lowest BCUT2D eigenvalue weighted by Gasteiger charge is -2.18. The largest absolute Gasteiger partial charge is 0.497 e. The third kappa shape index (κ3) is 6.11. The highest BCUT2D eigenvalue weighted by molar-refractivity contribution is 6.27. The number of benzene rings is 1. The van der Waals surface area contributed by atoms with Crippen molar-refractivity contribution in [3.05, 3.63) is 23.8 Å². The van der Waals surface area contributed by atoms with Gasteiger partial charge >= 0.3 is 11.9 Å². The average molecular weight is 309 g/mol. The van der Waals surface area contributed by atoms with Gasteiger partial charge in [0.2, 0.25) is 0 Å². The number of aliphatic hydroxyl groups is 1. The number of carbonyl (C=O) groups is 2. The lowest BCUT2D eigenvalue weighted by molar-refractivity contribution is -0.159. The number of ether oxygens (including phenoxy) is 2. The molecule has 1 aromatic rings. The number of nitrogens with two attached hydrogens (primary N) is 1. The van der Waals surface area contributed by atoms with E-state index in [-0.39, 0.29) is 17.1 Å². The van der Waals surface area contributed by atoms with Crippen LogP contribution in [0.2, 0.25) is 0 Å². The first-order valence-electron chi connectivity index (χ1n) is 8.45. The average Bonchev–Trinajstić information content (AvgIpc) is 2.45. The summed E-state index contributed by atoms with van der Waals surface area (Å²) in [7, 11) is -5.37. The van der Waals surface area contributed by atoms with E-state index in [2.05, 4.69) is 0 Å². The van der Waals surface area contributed by atoms with E-state index >= 15 is 0 Å². The summed E-state index contributed by atoms with van der Waals surface area (Å²) in [5, 5.41) is 24.8. The van der Waals surface area contributed by atoms with Crippen LogP contribution in [0, 0.1) is 0 Å². The van der Waals surface area contributed by atoms with Gasteiger partial charge in [-0.25, -0.2) is 9.59 Å². The van der Waals surface area contributed by atoms with Crippen LogP contribution in [0.25, 0.3) is 0 Å². The number of rotatable bonds is 4. The van der Waals surface area contributed by atoms with Crippen LogP contribution in [-0.4, -0.2) is 47.4 Å². The predicted molar refractivity (Wildman–Crippen MR) is 73.4 cm³/mol. The zero-order chi connectivity index (χ0) is 21.6. The van der Waals surface area contributed by atoms with Crippen LogP contribution >= 0.6 is 0 Å². The topological polar surface area (TPSA) is 139 Å². The van der Waals surface area contributed by atoms with E-state index in [4.69, 9.17) is 43.2 Å². The number of hydrogen-bond donors (Lipinski definition) is 4. The van der Waals surface area contributed by atoms with Gasteiger partial charge in [0, 0.05) is 11.6 Å². The van der Waals surface area contributed by atoms with Crippen LogP contribution in [-0.2, 0) is 9.59 Å². The highest BCUT2D eigenvalue weighted by atomic mass is 16.5. The van der Waals surface area contributed by atoms with Crippen molar-refractivity contribution >= 4 is 11.9 Å². The molecule has 0 fully saturated rings. The second-order valence-electron chi connectivity index (χ2n) is 3.82. The normalized spacial score (nSPS) is 17.9. The van der Waals surface area contributed by atoms with Crippen molar-refractivity contribution in [1.29, 1.82) is 0 Å². The molecule has 0 aliphatic heterocycles. The Balaban J connectivity index is 0.000000972. The number of carboxylic acid groups (broad SMARTS) is 2. The van der Waals surface area contributed by atoms with Crippen LogP contribution < -0.4 is 15.2 Å². The maximum Gasteiger partial charge on any atom is 0.414 e. The van der Waals surface area contributed by atoms with Gasteiger partial charge in [0.25, 0.3) is 0 Å². The van der Waals surface area contributed by atoms with Crippen molar-refractivity contribution < 1.29 is 42.6 Å². The van der Waals surface area contributed by atoms with Gasteiger partial charge in [-0.3, -0.25) is 0 Å². The summed E-state index contributed by atoms with van der Waals surface area (Å²) in [5.74, 6) is -3.81. The molecule has 118 valence electrons. The molecule has 21 heavy (non-hydrogen) atoms. The Labute approximate surface area is 130 Å². The molecule has 5 N–H and O–H groups in total. The first-order valence-corrected chi connectivity index (χ1v) is 5.45. The first-order chi connectivity index (χ1) is 12.0. The number of aliphatic hydroxyl groups excluding tert-OH is 1. The molecular formula is C13H19NO7. The lowest BCUT2D eigenvalue weighted by Crippen LogP contribution is -2.24. The van der Waals surface area contributed by atoms with E-state index in [1.807, 2.05) is 0 Å². The molecule has 1 aromatic carbocycles. The molecule has 0 spiro atoms. The van der Waals surface area contributed by atoms with E-state index in [0.717, 1.165) is 0 Å². The third-order valence-electron chi connectivity index (χ3n) is 2.21. The van der Waals surface area contributed by atoms with Crippen LogP contribution in [0.5, 0.6) is 11.5 Å². The van der Waals surface area contributed by atoms with Crippen molar-refractivity contribution in [1.82, 2.24) is 0 Å². The molecule has 1 unspecified atom stereocenters. The van der Waals surface area contributed by atoms with Crippen molar-refractivity contribution in [2.45, 2.75) is 19.1 Å². The second kappa shape index (κ2) is 8.77. The smallest absolute Gasteiger partial charge is 0.414 e. The molecule has 8 nitrogen and oxygen atoms in total. The van der Waals surface area contributed by atoms with Gasteiger partial charge in [0.15, 0.2) is 0 Å². The van der Waals surface area contributed by atoms with Crippen molar-refractivity contribution in [2.24, 2.45) is 5.73 Å². The second-order valence-corrected chi connectivity index (χ2v) is 3.82. The van der Waals surface area contributed by atoms with Crippen LogP contribution in [0.3, 0.4) is 0 Å². The molecule has 0 aliphatic carbocycles. The molecular weight excluding hydrogens is 284 g/mol. The lowest BCUT2D eigenvalue weighted by atomic mass is 10.0. The molecule has 0 heterocycles. The molecule has 0 aliphatic rings. The van der Waals surface area contributed by atoms with Gasteiger partial charge in [0.05, 0.1) is 28.4 Å². The Kier molecular flexibility index (Phi) is 4.35. The summed E-state index contributed by atoms with van der Waals surface area (Å²) >= 11 is 0. The molecule has 0 saturated carbocycles. The Hall–Kier alpha value is -2.32. The number of hydrogen-bond acceptors (Lipinski definition) is 6. The fraction of sp³-hybridized carbons (Fsp3) is 0.385. The van der Waals surface area contributed by atoms with Gasteiger partial charge < -0.3 is 30.5 Å². The molecule has 1 rings (SSSR count). The maximum absolute atomic E-state index is 10.0. The summed E-state index contributed by atoms with van der Waals surface area (Å²) in [6.45, 7) is 1.51. The molecule has 0 saturated heterocycles. The first kappa shape index (κ1) is 10.4. The minimum atomic E-state index is -2.71. The maximum atomic E-state index is 10.0. The summed E-state index contributed by atoms with van der Waals surface area (Å²) in [6.07, 6.45) is -1.23. The number of methoxy groups -OCH3 is 2. The van der Waals surface area contributed by atoms with E-state index in [1.165, 1.54) is 25.1 Å². The van der Waals surface area contributed by atoms with Crippen molar-refractivity contribution in [3.63, 3.8) is 0 Å². The monoisotopic (exact) mass is 309 g/mol. The molecule has 0 bridgehead atoms. The minimum Gasteiger partial charge on any atom is -0.497 e. The standard InChI is InChI=1S/C11H17NO3.C2H2O4/c1-7(12)11(13)9-6-8(14-2)4-5-10(9)15-3;3-1(4)2(5)6/h4-7,11,13H,12H2,1-3H3;(H,3,4)(H,5,6)/t7-,11?;/m0./s1/i2+1D3,3+1D3;. The fourth-order valence-corrected chi connectivity index (χ4v) is 1.20. The van der Waals surface area contributed by atoms with Gasteiger partial charge in [-0.1, -0.05) is 0 Å². The molecule has 0 radical (unpaired) electrons. The van der Waals surface area contributed by atoms with E-state index in [0.29, 0.717) is 0 Å². The summed E-state index contributed by atoms with van der Waals surface area (Å²) in [6, 6.07) is 2.94. The van der Waals surface area contributed by atoms with Gasteiger partial charge in [-0.15, -0.1) is 0 Å². The van der Waals surface area contributed by atoms with Crippen LogP contribution in [0.15, 0.2) is 18.2 Å². The van der Waals surface area contributed by atoms with Gasteiger partial charge in [-0.05, 0) is 25.1 Å². The third-order valence-corrected chi connectivity index (χ3v) is 2.21. The Bertz CT molecular complexity index is 648. The van der Waals surface area contributed by atoms with Gasteiger partial charge in [-0.2, -0.15) is 0 Å². The van der Waals surface area contributed by atoms with E-state index in [9.17, 15) is 5.11 Å². The minimum absolute atomic E-state index is 0.0443. The van der Waals surface area contributed by atoms with Crippen LogP contribution in [0.1, 0.15) is 26.8 Å². The van der Waals surface area contributed by atoms with Crippen LogP contribution in [0.4, 0.5) is 0 Å². The zero-order valence-corrected chi connectivity index (χ0v) is 10.9. The van der Waals surface area contributed by atoms with Crippen molar-refractivity contribution in [2.75, 3.05) is 14.1 Å². The summed E-state index contributed by atoms with van der Waals surface area (Å²) in [5.41, 5.74) is 5.62. The number of aliphatic carboxylic acids is 2. The molecule has 2 atom stereocenters. The van der Waals surface area contributed by atoms with E-state index in [1.54, 1.807) is 0 Å².